The minimum atomic E-state index is -0.293. The van der Waals surface area contributed by atoms with Crippen LogP contribution in [-0.4, -0.2) is 10.9 Å². The van der Waals surface area contributed by atoms with Crippen molar-refractivity contribution in [1.82, 2.24) is 10.4 Å². The summed E-state index contributed by atoms with van der Waals surface area (Å²) in [4.78, 5) is 14.0. The van der Waals surface area contributed by atoms with Gasteiger partial charge < -0.3 is 4.98 Å². The fraction of sp³-hybridized carbons (Fsp3) is 0. The van der Waals surface area contributed by atoms with Crippen LogP contribution in [-0.2, 0) is 0 Å². The molecule has 0 aromatic carbocycles. The zero-order chi connectivity index (χ0) is 8.55. The van der Waals surface area contributed by atoms with E-state index in [0.717, 1.165) is 10.2 Å². The lowest BCUT2D eigenvalue weighted by atomic mass is 10.4. The zero-order valence-electron chi connectivity index (χ0n) is 6.13. The number of H-pyrrole nitrogens is 1. The molecule has 5 heteroatoms. The number of nitrogens with two attached hydrogens (primary N) is 1. The molecule has 0 unspecified atom stereocenters. The van der Waals surface area contributed by atoms with E-state index in [0.29, 0.717) is 5.69 Å². The molecule has 0 atom stereocenters. The lowest BCUT2D eigenvalue weighted by Gasteiger charge is -1.92. The number of fused-ring (bicyclic) bond motifs is 1. The Morgan fingerprint density at radius 2 is 2.50 bits per heavy atom. The molecule has 0 fully saturated rings. The van der Waals surface area contributed by atoms with Crippen LogP contribution in [0.4, 0.5) is 0 Å². The van der Waals surface area contributed by atoms with Crippen LogP contribution in [0.25, 0.3) is 10.2 Å². The number of thiophene rings is 1. The second kappa shape index (κ2) is 2.62. The highest BCUT2D eigenvalue weighted by Gasteiger charge is 2.07. The van der Waals surface area contributed by atoms with Crippen molar-refractivity contribution in [2.75, 3.05) is 0 Å². The summed E-state index contributed by atoms with van der Waals surface area (Å²) in [6.45, 7) is 0. The molecule has 62 valence electrons. The topological polar surface area (TPSA) is 70.9 Å². The Kier molecular flexibility index (Phi) is 1.60. The highest BCUT2D eigenvalue weighted by molar-refractivity contribution is 7.17. The Hall–Kier alpha value is -1.33. The highest BCUT2D eigenvalue weighted by atomic mass is 32.1. The van der Waals surface area contributed by atoms with E-state index in [1.807, 2.05) is 11.4 Å². The van der Waals surface area contributed by atoms with Crippen LogP contribution < -0.4 is 11.3 Å². The minimum absolute atomic E-state index is 0.293. The molecule has 1 amide bonds. The molecule has 2 aromatic heterocycles. The Bertz CT molecular complexity index is 388. The number of aromatic nitrogens is 1. The van der Waals surface area contributed by atoms with Crippen molar-refractivity contribution < 1.29 is 4.79 Å². The van der Waals surface area contributed by atoms with E-state index in [1.54, 1.807) is 17.4 Å². The molecule has 0 aliphatic rings. The number of nitrogens with one attached hydrogen (secondary N) is 2. The first kappa shape index (κ1) is 7.33. The Morgan fingerprint density at radius 1 is 1.67 bits per heavy atom. The predicted octanol–water partition coefficient (Wildman–Crippen LogP) is 0.833. The van der Waals surface area contributed by atoms with Crippen molar-refractivity contribution in [2.45, 2.75) is 0 Å². The monoisotopic (exact) mass is 181 g/mol. The van der Waals surface area contributed by atoms with Gasteiger partial charge in [-0.1, -0.05) is 0 Å². The van der Waals surface area contributed by atoms with E-state index in [1.165, 1.54) is 0 Å². The predicted molar refractivity (Wildman–Crippen MR) is 47.8 cm³/mol. The Labute approximate surface area is 72.3 Å². The average Bonchev–Trinajstić information content (AvgIpc) is 2.60. The molecule has 2 aromatic rings. The summed E-state index contributed by atoms with van der Waals surface area (Å²) in [6.07, 6.45) is 0. The summed E-state index contributed by atoms with van der Waals surface area (Å²) < 4.78 is 1.06. The van der Waals surface area contributed by atoms with E-state index in [9.17, 15) is 4.79 Å². The number of carbonyl (C=O) groups is 1. The third kappa shape index (κ3) is 0.992. The lowest BCUT2D eigenvalue weighted by Crippen LogP contribution is -2.30. The molecule has 0 aliphatic carbocycles. The van der Waals surface area contributed by atoms with Gasteiger partial charge in [0.1, 0.15) is 5.69 Å². The Balaban J connectivity index is 2.51. The number of hydrogen-bond donors (Lipinski definition) is 3. The van der Waals surface area contributed by atoms with E-state index in [2.05, 4.69) is 10.4 Å². The van der Waals surface area contributed by atoms with Crippen LogP contribution in [0, 0.1) is 0 Å². The molecule has 0 saturated carbocycles. The van der Waals surface area contributed by atoms with Gasteiger partial charge in [-0.05, 0) is 17.5 Å². The van der Waals surface area contributed by atoms with Crippen LogP contribution in [0.1, 0.15) is 10.5 Å². The fourth-order valence-corrected chi connectivity index (χ4v) is 1.83. The highest BCUT2D eigenvalue weighted by Crippen LogP contribution is 2.20. The summed E-state index contributed by atoms with van der Waals surface area (Å²) in [7, 11) is 0. The second-order valence-corrected chi connectivity index (χ2v) is 3.30. The molecule has 0 radical (unpaired) electrons. The standard InChI is InChI=1S/C7H7N3OS/c8-10-7(11)5-3-6-4(9-5)1-2-12-6/h1-3,9H,8H2,(H,10,11). The molecule has 4 nitrogen and oxygen atoms in total. The SMILES string of the molecule is NNC(=O)c1cc2sccc2[nH]1. The van der Waals surface area contributed by atoms with Gasteiger partial charge in [0.2, 0.25) is 0 Å². The van der Waals surface area contributed by atoms with Crippen molar-refractivity contribution >= 4 is 27.5 Å². The zero-order valence-corrected chi connectivity index (χ0v) is 6.94. The number of amides is 1. The average molecular weight is 181 g/mol. The maximum absolute atomic E-state index is 11.0. The van der Waals surface area contributed by atoms with Crippen LogP contribution in [0.3, 0.4) is 0 Å². The number of hydrogen-bond acceptors (Lipinski definition) is 3. The van der Waals surface area contributed by atoms with Crippen LogP contribution in [0.15, 0.2) is 17.5 Å². The van der Waals surface area contributed by atoms with Gasteiger partial charge in [-0.25, -0.2) is 5.84 Å². The summed E-state index contributed by atoms with van der Waals surface area (Å²) in [5, 5.41) is 1.96. The van der Waals surface area contributed by atoms with Crippen molar-refractivity contribution in [3.63, 3.8) is 0 Å². The van der Waals surface area contributed by atoms with Gasteiger partial charge in [0, 0.05) is 0 Å². The van der Waals surface area contributed by atoms with Crippen molar-refractivity contribution in [3.05, 3.63) is 23.2 Å². The number of carbonyl (C=O) groups excluding carboxylic acids is 1. The largest absolute Gasteiger partial charge is 0.350 e. The second-order valence-electron chi connectivity index (χ2n) is 2.36. The normalized spacial score (nSPS) is 10.4. The van der Waals surface area contributed by atoms with Crippen LogP contribution in [0.5, 0.6) is 0 Å². The van der Waals surface area contributed by atoms with Gasteiger partial charge in [-0.15, -0.1) is 11.3 Å². The van der Waals surface area contributed by atoms with Gasteiger partial charge in [-0.2, -0.15) is 0 Å². The summed E-state index contributed by atoms with van der Waals surface area (Å²) in [5.74, 6) is 4.69. The number of aromatic amines is 1. The van der Waals surface area contributed by atoms with Crippen molar-refractivity contribution in [2.24, 2.45) is 5.84 Å². The van der Waals surface area contributed by atoms with Crippen molar-refractivity contribution in [1.29, 1.82) is 0 Å². The minimum Gasteiger partial charge on any atom is -0.350 e. The first-order chi connectivity index (χ1) is 5.81. The summed E-state index contributed by atoms with van der Waals surface area (Å²) in [5.41, 5.74) is 3.54. The first-order valence-corrected chi connectivity index (χ1v) is 4.26. The van der Waals surface area contributed by atoms with Gasteiger partial charge in [0.05, 0.1) is 10.2 Å². The fourth-order valence-electron chi connectivity index (χ4n) is 1.05. The molecule has 0 spiro atoms. The first-order valence-electron chi connectivity index (χ1n) is 3.38. The quantitative estimate of drug-likeness (QED) is 0.346. The van der Waals surface area contributed by atoms with E-state index < -0.39 is 0 Å². The van der Waals surface area contributed by atoms with Gasteiger partial charge in [-0.3, -0.25) is 10.2 Å². The number of hydrazine groups is 1. The van der Waals surface area contributed by atoms with Gasteiger partial charge >= 0.3 is 0 Å². The summed E-state index contributed by atoms with van der Waals surface area (Å²) >= 11 is 1.58. The van der Waals surface area contributed by atoms with Gasteiger partial charge in [0.15, 0.2) is 0 Å². The Morgan fingerprint density at radius 3 is 3.17 bits per heavy atom. The van der Waals surface area contributed by atoms with Crippen molar-refractivity contribution in [3.8, 4) is 0 Å². The van der Waals surface area contributed by atoms with E-state index in [4.69, 9.17) is 5.84 Å². The maximum atomic E-state index is 11.0. The maximum Gasteiger partial charge on any atom is 0.281 e. The van der Waals surface area contributed by atoms with E-state index >= 15 is 0 Å². The number of rotatable bonds is 1. The number of nitrogen functional groups attached to an aromatic ring is 1. The molecular formula is C7H7N3OS. The van der Waals surface area contributed by atoms with Crippen LogP contribution >= 0.6 is 11.3 Å². The summed E-state index contributed by atoms with van der Waals surface area (Å²) in [6, 6.07) is 3.70. The smallest absolute Gasteiger partial charge is 0.281 e. The molecule has 2 heterocycles. The molecule has 12 heavy (non-hydrogen) atoms. The third-order valence-electron chi connectivity index (χ3n) is 1.62. The lowest BCUT2D eigenvalue weighted by molar-refractivity contribution is 0.0949. The molecule has 2 rings (SSSR count). The molecule has 0 saturated heterocycles. The van der Waals surface area contributed by atoms with Gasteiger partial charge in [0.25, 0.3) is 5.91 Å². The molecule has 4 N–H and O–H groups in total. The third-order valence-corrected chi connectivity index (χ3v) is 2.48. The van der Waals surface area contributed by atoms with E-state index in [-0.39, 0.29) is 5.91 Å². The molecule has 0 aliphatic heterocycles. The molecule has 0 bridgehead atoms. The van der Waals surface area contributed by atoms with Crippen LogP contribution in [0.2, 0.25) is 0 Å². The molecular weight excluding hydrogens is 174 g/mol.